The molecular formula is C13H18N2O3. The van der Waals surface area contributed by atoms with Crippen molar-refractivity contribution in [3.05, 3.63) is 23.8 Å². The Kier molecular flexibility index (Phi) is 3.36. The molecule has 1 saturated heterocycles. The van der Waals surface area contributed by atoms with Crippen LogP contribution >= 0.6 is 0 Å². The summed E-state index contributed by atoms with van der Waals surface area (Å²) in [5, 5.41) is 0. The molecule has 0 aliphatic carbocycles. The predicted octanol–water partition coefficient (Wildman–Crippen LogP) is 0.747. The molecule has 1 unspecified atom stereocenters. The van der Waals surface area contributed by atoms with Crippen molar-refractivity contribution in [1.29, 1.82) is 0 Å². The molecule has 5 nitrogen and oxygen atoms in total. The molecule has 18 heavy (non-hydrogen) atoms. The van der Waals surface area contributed by atoms with Crippen molar-refractivity contribution in [2.24, 2.45) is 5.73 Å². The SMILES string of the molecule is NC(CN1CCOCC1)c1ccc2c(c1)OCO2. The lowest BCUT2D eigenvalue weighted by molar-refractivity contribution is 0.0352. The Morgan fingerprint density at radius 3 is 2.78 bits per heavy atom. The average molecular weight is 250 g/mol. The number of nitrogens with zero attached hydrogens (tertiary/aromatic N) is 1. The minimum absolute atomic E-state index is 0.00222. The Hall–Kier alpha value is -1.30. The van der Waals surface area contributed by atoms with Gasteiger partial charge in [0.1, 0.15) is 0 Å². The molecule has 1 fully saturated rings. The van der Waals surface area contributed by atoms with Crippen molar-refractivity contribution in [3.8, 4) is 11.5 Å². The Bertz CT molecular complexity index is 419. The maximum Gasteiger partial charge on any atom is 0.231 e. The predicted molar refractivity (Wildman–Crippen MR) is 66.8 cm³/mol. The molecule has 2 N–H and O–H groups in total. The third-order valence-electron chi connectivity index (χ3n) is 3.38. The maximum atomic E-state index is 6.24. The second kappa shape index (κ2) is 5.14. The number of morpholine rings is 1. The molecule has 5 heteroatoms. The van der Waals surface area contributed by atoms with E-state index in [9.17, 15) is 0 Å². The van der Waals surface area contributed by atoms with Crippen LogP contribution in [0.4, 0.5) is 0 Å². The largest absolute Gasteiger partial charge is 0.454 e. The fraction of sp³-hybridized carbons (Fsp3) is 0.538. The zero-order chi connectivity index (χ0) is 12.4. The highest BCUT2D eigenvalue weighted by molar-refractivity contribution is 5.45. The van der Waals surface area contributed by atoms with Gasteiger partial charge in [-0.2, -0.15) is 0 Å². The number of fused-ring (bicyclic) bond motifs is 1. The average Bonchev–Trinajstić information content (AvgIpc) is 2.87. The summed E-state index contributed by atoms with van der Waals surface area (Å²) in [4.78, 5) is 2.33. The van der Waals surface area contributed by atoms with Crippen molar-refractivity contribution < 1.29 is 14.2 Å². The zero-order valence-electron chi connectivity index (χ0n) is 10.3. The number of rotatable bonds is 3. The Morgan fingerprint density at radius 1 is 1.17 bits per heavy atom. The van der Waals surface area contributed by atoms with Gasteiger partial charge in [-0.15, -0.1) is 0 Å². The van der Waals surface area contributed by atoms with Gasteiger partial charge in [0.25, 0.3) is 0 Å². The number of nitrogens with two attached hydrogens (primary N) is 1. The van der Waals surface area contributed by atoms with Gasteiger partial charge in [-0.25, -0.2) is 0 Å². The van der Waals surface area contributed by atoms with Gasteiger partial charge in [0.15, 0.2) is 11.5 Å². The lowest BCUT2D eigenvalue weighted by Gasteiger charge is -2.29. The number of hydrogen-bond acceptors (Lipinski definition) is 5. The Labute approximate surface area is 106 Å². The van der Waals surface area contributed by atoms with Gasteiger partial charge in [0, 0.05) is 25.7 Å². The highest BCUT2D eigenvalue weighted by Crippen LogP contribution is 2.33. The van der Waals surface area contributed by atoms with E-state index in [2.05, 4.69) is 4.90 Å². The van der Waals surface area contributed by atoms with Crippen molar-refractivity contribution in [3.63, 3.8) is 0 Å². The lowest BCUT2D eigenvalue weighted by atomic mass is 10.1. The minimum atomic E-state index is -0.00222. The molecule has 0 bridgehead atoms. The molecule has 0 saturated carbocycles. The second-order valence-electron chi connectivity index (χ2n) is 4.63. The van der Waals surface area contributed by atoms with Gasteiger partial charge >= 0.3 is 0 Å². The fourth-order valence-corrected chi connectivity index (χ4v) is 2.31. The maximum absolute atomic E-state index is 6.24. The van der Waals surface area contributed by atoms with E-state index >= 15 is 0 Å². The molecule has 2 aliphatic heterocycles. The summed E-state index contributed by atoms with van der Waals surface area (Å²) >= 11 is 0. The molecular weight excluding hydrogens is 232 g/mol. The van der Waals surface area contributed by atoms with E-state index in [1.54, 1.807) is 0 Å². The van der Waals surface area contributed by atoms with Crippen molar-refractivity contribution in [1.82, 2.24) is 4.90 Å². The summed E-state index contributed by atoms with van der Waals surface area (Å²) in [5.41, 5.74) is 7.33. The van der Waals surface area contributed by atoms with Crippen LogP contribution in [0.1, 0.15) is 11.6 Å². The Morgan fingerprint density at radius 2 is 1.94 bits per heavy atom. The van der Waals surface area contributed by atoms with Crippen molar-refractivity contribution in [2.45, 2.75) is 6.04 Å². The number of benzene rings is 1. The Balaban J connectivity index is 1.66. The first-order valence-corrected chi connectivity index (χ1v) is 6.28. The molecule has 1 aromatic carbocycles. The molecule has 1 aromatic rings. The van der Waals surface area contributed by atoms with E-state index < -0.39 is 0 Å². The van der Waals surface area contributed by atoms with Crippen LogP contribution in [0.5, 0.6) is 11.5 Å². The van der Waals surface area contributed by atoms with Crippen LogP contribution in [0.3, 0.4) is 0 Å². The van der Waals surface area contributed by atoms with Crippen LogP contribution in [0.15, 0.2) is 18.2 Å². The van der Waals surface area contributed by atoms with Gasteiger partial charge < -0.3 is 19.9 Å². The summed E-state index contributed by atoms with van der Waals surface area (Å²) in [6.07, 6.45) is 0. The number of ether oxygens (including phenoxy) is 3. The summed E-state index contributed by atoms with van der Waals surface area (Å²) in [7, 11) is 0. The molecule has 2 heterocycles. The third-order valence-corrected chi connectivity index (χ3v) is 3.38. The molecule has 2 aliphatic rings. The van der Waals surface area contributed by atoms with Gasteiger partial charge in [-0.1, -0.05) is 6.07 Å². The van der Waals surface area contributed by atoms with Gasteiger partial charge in [-0.3, -0.25) is 4.90 Å². The van der Waals surface area contributed by atoms with E-state index in [4.69, 9.17) is 19.9 Å². The van der Waals surface area contributed by atoms with E-state index in [-0.39, 0.29) is 6.04 Å². The van der Waals surface area contributed by atoms with Crippen molar-refractivity contribution in [2.75, 3.05) is 39.6 Å². The second-order valence-corrected chi connectivity index (χ2v) is 4.63. The van der Waals surface area contributed by atoms with Crippen molar-refractivity contribution >= 4 is 0 Å². The molecule has 0 spiro atoms. The van der Waals surface area contributed by atoms with Crippen LogP contribution < -0.4 is 15.2 Å². The van der Waals surface area contributed by atoms with Crippen LogP contribution in [0, 0.1) is 0 Å². The molecule has 0 aromatic heterocycles. The first-order chi connectivity index (χ1) is 8.83. The van der Waals surface area contributed by atoms with Gasteiger partial charge in [0.05, 0.1) is 13.2 Å². The fourth-order valence-electron chi connectivity index (χ4n) is 2.31. The summed E-state index contributed by atoms with van der Waals surface area (Å²) < 4.78 is 16.0. The highest BCUT2D eigenvalue weighted by Gasteiger charge is 2.18. The first kappa shape index (κ1) is 11.8. The molecule has 3 rings (SSSR count). The monoisotopic (exact) mass is 250 g/mol. The van der Waals surface area contributed by atoms with Crippen LogP contribution in [0.25, 0.3) is 0 Å². The van der Waals surface area contributed by atoms with E-state index in [1.165, 1.54) is 0 Å². The number of hydrogen-bond donors (Lipinski definition) is 1. The quantitative estimate of drug-likeness (QED) is 0.857. The molecule has 0 radical (unpaired) electrons. The molecule has 1 atom stereocenters. The van der Waals surface area contributed by atoms with E-state index in [0.717, 1.165) is 49.9 Å². The third kappa shape index (κ3) is 2.43. The minimum Gasteiger partial charge on any atom is -0.454 e. The topological polar surface area (TPSA) is 57.0 Å². The normalized spacial score (nSPS) is 20.9. The smallest absolute Gasteiger partial charge is 0.231 e. The van der Waals surface area contributed by atoms with E-state index in [1.807, 2.05) is 18.2 Å². The van der Waals surface area contributed by atoms with Gasteiger partial charge in [0.2, 0.25) is 6.79 Å². The van der Waals surface area contributed by atoms with Gasteiger partial charge in [-0.05, 0) is 17.7 Å². The van der Waals surface area contributed by atoms with Crippen LogP contribution in [-0.2, 0) is 4.74 Å². The summed E-state index contributed by atoms with van der Waals surface area (Å²) in [5.74, 6) is 1.60. The van der Waals surface area contributed by atoms with Crippen LogP contribution in [-0.4, -0.2) is 44.5 Å². The standard InChI is InChI=1S/C13H18N2O3/c14-11(8-15-3-5-16-6-4-15)10-1-2-12-13(7-10)18-9-17-12/h1-2,7,11H,3-6,8-9,14H2. The molecule has 0 amide bonds. The van der Waals surface area contributed by atoms with E-state index in [0.29, 0.717) is 6.79 Å². The van der Waals surface area contributed by atoms with Crippen LogP contribution in [0.2, 0.25) is 0 Å². The highest BCUT2D eigenvalue weighted by atomic mass is 16.7. The first-order valence-electron chi connectivity index (χ1n) is 6.28. The zero-order valence-corrected chi connectivity index (χ0v) is 10.3. The summed E-state index contributed by atoms with van der Waals surface area (Å²) in [6.45, 7) is 4.67. The molecule has 98 valence electrons. The lowest BCUT2D eigenvalue weighted by Crippen LogP contribution is -2.40. The summed E-state index contributed by atoms with van der Waals surface area (Å²) in [6, 6.07) is 5.92.